The molecule has 0 heterocycles. The largest absolute Gasteiger partial charge is 0.421 e. The Morgan fingerprint density at radius 3 is 1.83 bits per heavy atom. The van der Waals surface area contributed by atoms with Crippen molar-refractivity contribution in [2.45, 2.75) is 40.9 Å². The van der Waals surface area contributed by atoms with Gasteiger partial charge < -0.3 is 9.47 Å². The number of hydrogen-bond acceptors (Lipinski definition) is 4. The summed E-state index contributed by atoms with van der Waals surface area (Å²) in [5.74, 6) is -0.982. The quantitative estimate of drug-likeness (QED) is 0.612. The van der Waals surface area contributed by atoms with Crippen molar-refractivity contribution in [3.8, 4) is 0 Å². The van der Waals surface area contributed by atoms with Crippen LogP contribution in [0.15, 0.2) is 24.3 Å². The highest BCUT2D eigenvalue weighted by Gasteiger charge is 2.19. The summed E-state index contributed by atoms with van der Waals surface area (Å²) < 4.78 is 9.89. The summed E-state index contributed by atoms with van der Waals surface area (Å²) >= 11 is 0. The van der Waals surface area contributed by atoms with Crippen LogP contribution in [-0.4, -0.2) is 11.9 Å². The molecule has 0 atom stereocenters. The number of carbonyl (C=O) groups is 2. The predicted molar refractivity (Wildman–Crippen MR) is 68.8 cm³/mol. The van der Waals surface area contributed by atoms with Gasteiger partial charge in [0.1, 0.15) is 0 Å². The zero-order valence-electron chi connectivity index (χ0n) is 11.5. The van der Waals surface area contributed by atoms with Crippen molar-refractivity contribution in [1.82, 2.24) is 0 Å². The van der Waals surface area contributed by atoms with E-state index in [4.69, 9.17) is 9.47 Å². The minimum Gasteiger partial charge on any atom is -0.421 e. The fourth-order valence-corrected chi connectivity index (χ4v) is 1.30. The van der Waals surface area contributed by atoms with Gasteiger partial charge in [-0.2, -0.15) is 0 Å². The van der Waals surface area contributed by atoms with Crippen LogP contribution < -0.4 is 0 Å². The lowest BCUT2D eigenvalue weighted by Crippen LogP contribution is -2.15. The van der Waals surface area contributed by atoms with Crippen LogP contribution in [0, 0.1) is 6.92 Å². The van der Waals surface area contributed by atoms with E-state index in [0.717, 1.165) is 5.56 Å². The lowest BCUT2D eigenvalue weighted by Gasteiger charge is -2.18. The van der Waals surface area contributed by atoms with Crippen LogP contribution in [-0.2, 0) is 19.1 Å². The van der Waals surface area contributed by atoms with E-state index < -0.39 is 18.2 Å². The van der Waals surface area contributed by atoms with E-state index in [1.807, 2.05) is 32.9 Å². The molecule has 0 aliphatic heterocycles. The summed E-state index contributed by atoms with van der Waals surface area (Å²) in [6.07, 6.45) is -0.962. The van der Waals surface area contributed by atoms with Crippen molar-refractivity contribution in [3.63, 3.8) is 0 Å². The molecule has 0 N–H and O–H groups in total. The summed E-state index contributed by atoms with van der Waals surface area (Å²) in [7, 11) is 0. The third-order valence-electron chi connectivity index (χ3n) is 1.99. The normalized spacial score (nSPS) is 9.22. The molecule has 1 rings (SSSR count). The monoisotopic (exact) mass is 252 g/mol. The summed E-state index contributed by atoms with van der Waals surface area (Å²) in [6, 6.07) is 7.26. The van der Waals surface area contributed by atoms with Gasteiger partial charge >= 0.3 is 11.9 Å². The minimum atomic E-state index is -0.962. The Balaban J connectivity index is 0.00000137. The number of carbonyl (C=O) groups excluding carboxylic acids is 2. The highest BCUT2D eigenvalue weighted by molar-refractivity contribution is 5.68. The Bertz CT molecular complexity index is 383. The Labute approximate surface area is 108 Å². The summed E-state index contributed by atoms with van der Waals surface area (Å²) in [6.45, 7) is 8.40. The Morgan fingerprint density at radius 1 is 1.00 bits per heavy atom. The van der Waals surface area contributed by atoms with Gasteiger partial charge in [-0.25, -0.2) is 0 Å². The smallest absolute Gasteiger partial charge is 0.305 e. The molecular weight excluding hydrogens is 232 g/mol. The van der Waals surface area contributed by atoms with E-state index in [1.165, 1.54) is 13.8 Å². The Hall–Kier alpha value is -1.84. The van der Waals surface area contributed by atoms with Gasteiger partial charge in [0.25, 0.3) is 6.29 Å². The molecule has 0 unspecified atom stereocenters. The second-order valence-corrected chi connectivity index (χ2v) is 3.41. The van der Waals surface area contributed by atoms with Crippen LogP contribution in [0.4, 0.5) is 0 Å². The topological polar surface area (TPSA) is 52.6 Å². The molecule has 0 saturated heterocycles. The van der Waals surface area contributed by atoms with Crippen LogP contribution in [0.25, 0.3) is 0 Å². The van der Waals surface area contributed by atoms with Gasteiger partial charge in [0.05, 0.1) is 0 Å². The maximum atomic E-state index is 10.9. The zero-order chi connectivity index (χ0) is 14.1. The van der Waals surface area contributed by atoms with Crippen molar-refractivity contribution in [1.29, 1.82) is 0 Å². The SMILES string of the molecule is CC.CC(=O)OC(OC(C)=O)c1ccccc1C. The molecule has 0 aromatic heterocycles. The molecule has 0 fully saturated rings. The van der Waals surface area contributed by atoms with Gasteiger partial charge in [-0.15, -0.1) is 0 Å². The van der Waals surface area contributed by atoms with Gasteiger partial charge in [0.15, 0.2) is 0 Å². The fraction of sp³-hybridized carbons (Fsp3) is 0.429. The second-order valence-electron chi connectivity index (χ2n) is 3.41. The van der Waals surface area contributed by atoms with Crippen molar-refractivity contribution >= 4 is 11.9 Å². The number of benzene rings is 1. The number of hydrogen-bond donors (Lipinski definition) is 0. The zero-order valence-corrected chi connectivity index (χ0v) is 11.5. The van der Waals surface area contributed by atoms with Crippen molar-refractivity contribution in [2.24, 2.45) is 0 Å². The van der Waals surface area contributed by atoms with Gasteiger partial charge in [0.2, 0.25) is 0 Å². The van der Waals surface area contributed by atoms with Crippen LogP contribution in [0.5, 0.6) is 0 Å². The molecule has 0 amide bonds. The fourth-order valence-electron chi connectivity index (χ4n) is 1.30. The van der Waals surface area contributed by atoms with E-state index in [1.54, 1.807) is 12.1 Å². The van der Waals surface area contributed by atoms with E-state index in [0.29, 0.717) is 5.56 Å². The second kappa shape index (κ2) is 8.28. The first-order chi connectivity index (χ1) is 8.50. The number of rotatable bonds is 3. The molecule has 0 bridgehead atoms. The first-order valence-corrected chi connectivity index (χ1v) is 5.90. The molecule has 18 heavy (non-hydrogen) atoms. The lowest BCUT2D eigenvalue weighted by atomic mass is 10.1. The van der Waals surface area contributed by atoms with Gasteiger partial charge in [-0.05, 0) is 12.5 Å². The van der Waals surface area contributed by atoms with Gasteiger partial charge in [-0.3, -0.25) is 9.59 Å². The van der Waals surface area contributed by atoms with Gasteiger partial charge in [-0.1, -0.05) is 38.1 Å². The molecule has 4 heteroatoms. The number of esters is 2. The first-order valence-electron chi connectivity index (χ1n) is 5.90. The van der Waals surface area contributed by atoms with E-state index in [-0.39, 0.29) is 0 Å². The van der Waals surface area contributed by atoms with E-state index in [2.05, 4.69) is 0 Å². The maximum Gasteiger partial charge on any atom is 0.305 e. The number of ether oxygens (including phenoxy) is 2. The van der Waals surface area contributed by atoms with Crippen molar-refractivity contribution in [2.75, 3.05) is 0 Å². The lowest BCUT2D eigenvalue weighted by molar-refractivity contribution is -0.186. The van der Waals surface area contributed by atoms with Crippen LogP contribution in [0.1, 0.15) is 45.1 Å². The van der Waals surface area contributed by atoms with E-state index in [9.17, 15) is 9.59 Å². The first kappa shape index (κ1) is 16.2. The van der Waals surface area contributed by atoms with E-state index >= 15 is 0 Å². The van der Waals surface area contributed by atoms with Gasteiger partial charge in [0, 0.05) is 19.4 Å². The average molecular weight is 252 g/mol. The molecule has 1 aromatic carbocycles. The average Bonchev–Trinajstić information content (AvgIpc) is 2.30. The molecule has 100 valence electrons. The van der Waals surface area contributed by atoms with Crippen LogP contribution in [0.2, 0.25) is 0 Å². The highest BCUT2D eigenvalue weighted by Crippen LogP contribution is 2.22. The van der Waals surface area contributed by atoms with Crippen molar-refractivity contribution in [3.05, 3.63) is 35.4 Å². The van der Waals surface area contributed by atoms with Crippen LogP contribution >= 0.6 is 0 Å². The third-order valence-corrected chi connectivity index (χ3v) is 1.99. The molecule has 0 aliphatic rings. The van der Waals surface area contributed by atoms with Crippen LogP contribution in [0.3, 0.4) is 0 Å². The Morgan fingerprint density at radius 2 is 1.44 bits per heavy atom. The summed E-state index contributed by atoms with van der Waals surface area (Å²) in [5.41, 5.74) is 1.57. The molecule has 0 spiro atoms. The molecule has 0 saturated carbocycles. The minimum absolute atomic E-state index is 0.491. The molecule has 1 aromatic rings. The molecule has 4 nitrogen and oxygen atoms in total. The molecular formula is C14H20O4. The summed E-state index contributed by atoms with van der Waals surface area (Å²) in [5, 5.41) is 0. The predicted octanol–water partition coefficient (Wildman–Crippen LogP) is 3.15. The number of aryl methyl sites for hydroxylation is 1. The standard InChI is InChI=1S/C12H14O4.C2H6/c1-8-6-4-5-7-11(8)12(15-9(2)13)16-10(3)14;1-2/h4-7,12H,1-3H3;1-2H3. The summed E-state index contributed by atoms with van der Waals surface area (Å²) in [4.78, 5) is 21.8. The third kappa shape index (κ3) is 5.48. The highest BCUT2D eigenvalue weighted by atomic mass is 16.7. The maximum absolute atomic E-state index is 10.9. The van der Waals surface area contributed by atoms with Crippen molar-refractivity contribution < 1.29 is 19.1 Å². The molecule has 0 radical (unpaired) electrons. The molecule has 0 aliphatic carbocycles. The Kier molecular flexibility index (Phi) is 7.43.